The molecule has 0 saturated carbocycles. The van der Waals surface area contributed by atoms with Gasteiger partial charge in [0.05, 0.1) is 19.2 Å². The monoisotopic (exact) mass is 402 g/mol. The van der Waals surface area contributed by atoms with Crippen molar-refractivity contribution in [2.75, 3.05) is 37.8 Å². The maximum absolute atomic E-state index is 12.7. The van der Waals surface area contributed by atoms with E-state index in [1.807, 2.05) is 0 Å². The predicted molar refractivity (Wildman–Crippen MR) is 96.5 cm³/mol. The lowest BCUT2D eigenvalue weighted by atomic mass is 10.0. The largest absolute Gasteiger partial charge is 0.484 e. The van der Waals surface area contributed by atoms with E-state index in [0.29, 0.717) is 25.3 Å². The predicted octanol–water partition coefficient (Wildman–Crippen LogP) is 3.19. The van der Waals surface area contributed by atoms with Gasteiger partial charge >= 0.3 is 12.2 Å². The Morgan fingerprint density at radius 2 is 2.00 bits per heavy atom. The van der Waals surface area contributed by atoms with Crippen molar-refractivity contribution in [3.63, 3.8) is 0 Å². The van der Waals surface area contributed by atoms with Crippen LogP contribution in [0.5, 0.6) is 5.75 Å². The summed E-state index contributed by atoms with van der Waals surface area (Å²) in [5, 5.41) is 10.7. The minimum absolute atomic E-state index is 0.0897. The van der Waals surface area contributed by atoms with E-state index in [2.05, 4.69) is 11.7 Å². The molecule has 28 heavy (non-hydrogen) atoms. The van der Waals surface area contributed by atoms with E-state index in [4.69, 9.17) is 4.74 Å². The van der Waals surface area contributed by atoms with Crippen LogP contribution >= 0.6 is 0 Å². The molecular weight excluding hydrogens is 377 g/mol. The number of amides is 2. The number of carbonyl (C=O) groups is 1. The molecule has 1 N–H and O–H groups in total. The molecule has 9 heteroatoms. The number of fused-ring (bicyclic) bond motifs is 1. The molecule has 2 amide bonds. The standard InChI is InChI=1S/C19H25F3N2O4/c1-2-3-8-27-12-18(26)9-15-10-23(17(25)24(15)11-18)14-4-6-16(7-5-14)28-13-19(20,21)22/h4-7,15,26H,2-3,8-13H2,1H3. The zero-order valence-corrected chi connectivity index (χ0v) is 15.7. The first kappa shape index (κ1) is 20.7. The molecule has 0 aliphatic carbocycles. The number of ether oxygens (including phenoxy) is 2. The summed E-state index contributed by atoms with van der Waals surface area (Å²) in [5.41, 5.74) is -0.448. The number of unbranched alkanes of at least 4 members (excludes halogenated alkanes) is 1. The van der Waals surface area contributed by atoms with Crippen LogP contribution in [0, 0.1) is 0 Å². The van der Waals surface area contributed by atoms with E-state index >= 15 is 0 Å². The van der Waals surface area contributed by atoms with Gasteiger partial charge in [-0.15, -0.1) is 0 Å². The average Bonchev–Trinajstić information content (AvgIpc) is 3.12. The molecule has 1 aromatic rings. The number of aliphatic hydroxyl groups is 1. The average molecular weight is 402 g/mol. The van der Waals surface area contributed by atoms with Gasteiger partial charge in [0.1, 0.15) is 11.4 Å². The highest BCUT2D eigenvalue weighted by molar-refractivity contribution is 5.95. The van der Waals surface area contributed by atoms with Crippen molar-refractivity contribution < 1.29 is 32.5 Å². The lowest BCUT2D eigenvalue weighted by Gasteiger charge is -2.25. The number of halogens is 3. The third kappa shape index (κ3) is 4.88. The Bertz CT molecular complexity index is 683. The molecule has 2 heterocycles. The highest BCUT2D eigenvalue weighted by Crippen LogP contribution is 2.36. The van der Waals surface area contributed by atoms with Crippen LogP contribution in [-0.2, 0) is 4.74 Å². The summed E-state index contributed by atoms with van der Waals surface area (Å²) < 4.78 is 46.9. The quantitative estimate of drug-likeness (QED) is 0.679. The summed E-state index contributed by atoms with van der Waals surface area (Å²) in [6.45, 7) is 2.13. The second kappa shape index (κ2) is 8.16. The Hall–Kier alpha value is -2.00. The van der Waals surface area contributed by atoms with Crippen molar-refractivity contribution in [1.29, 1.82) is 0 Å². The SMILES string of the molecule is CCCCOCC1(O)CC2CN(c3ccc(OCC(F)(F)F)cc3)C(=O)N2C1. The molecule has 2 unspecified atom stereocenters. The van der Waals surface area contributed by atoms with Crippen LogP contribution in [-0.4, -0.2) is 66.8 Å². The molecule has 2 aliphatic heterocycles. The molecule has 2 atom stereocenters. The molecule has 0 spiro atoms. The van der Waals surface area contributed by atoms with E-state index in [1.165, 1.54) is 12.1 Å². The van der Waals surface area contributed by atoms with Crippen LogP contribution in [0.4, 0.5) is 23.7 Å². The molecule has 2 fully saturated rings. The first-order chi connectivity index (χ1) is 13.2. The number of anilines is 1. The van der Waals surface area contributed by atoms with Crippen LogP contribution in [0.15, 0.2) is 24.3 Å². The van der Waals surface area contributed by atoms with Gasteiger partial charge in [-0.25, -0.2) is 4.79 Å². The summed E-state index contributed by atoms with van der Waals surface area (Å²) in [5.74, 6) is 0.0897. The third-order valence-electron chi connectivity index (χ3n) is 4.95. The van der Waals surface area contributed by atoms with Crippen LogP contribution in [0.2, 0.25) is 0 Å². The van der Waals surface area contributed by atoms with Gasteiger partial charge in [-0.3, -0.25) is 4.90 Å². The molecule has 3 rings (SSSR count). The third-order valence-corrected chi connectivity index (χ3v) is 4.95. The van der Waals surface area contributed by atoms with Crippen molar-refractivity contribution in [1.82, 2.24) is 4.90 Å². The number of carbonyl (C=O) groups excluding carboxylic acids is 1. The van der Waals surface area contributed by atoms with Crippen molar-refractivity contribution in [3.8, 4) is 5.75 Å². The van der Waals surface area contributed by atoms with Gasteiger partial charge in [-0.2, -0.15) is 13.2 Å². The molecular formula is C19H25F3N2O4. The van der Waals surface area contributed by atoms with Crippen molar-refractivity contribution in [3.05, 3.63) is 24.3 Å². The van der Waals surface area contributed by atoms with E-state index in [-0.39, 0.29) is 31.0 Å². The smallest absolute Gasteiger partial charge is 0.422 e. The lowest BCUT2D eigenvalue weighted by molar-refractivity contribution is -0.153. The maximum atomic E-state index is 12.7. The Balaban J connectivity index is 1.56. The minimum Gasteiger partial charge on any atom is -0.484 e. The Morgan fingerprint density at radius 1 is 1.29 bits per heavy atom. The fourth-order valence-corrected chi connectivity index (χ4v) is 3.61. The number of hydrogen-bond donors (Lipinski definition) is 1. The number of alkyl halides is 3. The molecule has 1 aromatic carbocycles. The van der Waals surface area contributed by atoms with Gasteiger partial charge in [0.25, 0.3) is 0 Å². The summed E-state index contributed by atoms with van der Waals surface area (Å²) in [4.78, 5) is 15.9. The number of nitrogens with zero attached hydrogens (tertiary/aromatic N) is 2. The molecule has 0 aromatic heterocycles. The minimum atomic E-state index is -4.40. The van der Waals surface area contributed by atoms with Crippen LogP contribution in [0.3, 0.4) is 0 Å². The normalized spacial score (nSPS) is 24.8. The molecule has 0 bridgehead atoms. The molecule has 2 aliphatic rings. The van der Waals surface area contributed by atoms with Crippen molar-refractivity contribution in [2.24, 2.45) is 0 Å². The van der Waals surface area contributed by atoms with Gasteiger partial charge < -0.3 is 19.5 Å². The molecule has 0 radical (unpaired) electrons. The van der Waals surface area contributed by atoms with E-state index in [1.54, 1.807) is 21.9 Å². The Kier molecular flexibility index (Phi) is 6.04. The second-order valence-corrected chi connectivity index (χ2v) is 7.41. The van der Waals surface area contributed by atoms with Crippen LogP contribution in [0.25, 0.3) is 0 Å². The summed E-state index contributed by atoms with van der Waals surface area (Å²) >= 11 is 0. The van der Waals surface area contributed by atoms with Crippen LogP contribution in [0.1, 0.15) is 26.2 Å². The fraction of sp³-hybridized carbons (Fsp3) is 0.632. The number of rotatable bonds is 8. The number of hydrogen-bond acceptors (Lipinski definition) is 4. The summed E-state index contributed by atoms with van der Waals surface area (Å²) in [7, 11) is 0. The second-order valence-electron chi connectivity index (χ2n) is 7.41. The van der Waals surface area contributed by atoms with E-state index in [9.17, 15) is 23.1 Å². The van der Waals surface area contributed by atoms with Gasteiger partial charge in [-0.1, -0.05) is 13.3 Å². The maximum Gasteiger partial charge on any atom is 0.422 e. The van der Waals surface area contributed by atoms with Crippen molar-refractivity contribution >= 4 is 11.7 Å². The van der Waals surface area contributed by atoms with E-state index < -0.39 is 18.4 Å². The first-order valence-electron chi connectivity index (χ1n) is 9.39. The van der Waals surface area contributed by atoms with Gasteiger partial charge in [-0.05, 0) is 30.7 Å². The molecule has 2 saturated heterocycles. The molecule has 156 valence electrons. The Morgan fingerprint density at radius 3 is 2.61 bits per heavy atom. The van der Waals surface area contributed by atoms with E-state index in [0.717, 1.165) is 12.8 Å². The highest BCUT2D eigenvalue weighted by atomic mass is 19.4. The number of benzene rings is 1. The van der Waals surface area contributed by atoms with Crippen molar-refractivity contribution in [2.45, 2.75) is 44.0 Å². The zero-order valence-electron chi connectivity index (χ0n) is 15.7. The highest BCUT2D eigenvalue weighted by Gasteiger charge is 2.51. The summed E-state index contributed by atoms with van der Waals surface area (Å²) in [6.07, 6.45) is -2.02. The van der Waals surface area contributed by atoms with Crippen LogP contribution < -0.4 is 9.64 Å². The zero-order chi connectivity index (χ0) is 20.4. The first-order valence-corrected chi connectivity index (χ1v) is 9.39. The van der Waals surface area contributed by atoms with Gasteiger partial charge in [0, 0.05) is 25.3 Å². The number of urea groups is 1. The van der Waals surface area contributed by atoms with Gasteiger partial charge in [0.15, 0.2) is 6.61 Å². The van der Waals surface area contributed by atoms with Gasteiger partial charge in [0.2, 0.25) is 0 Å². The Labute approximate surface area is 161 Å². The molecule has 6 nitrogen and oxygen atoms in total. The lowest BCUT2D eigenvalue weighted by Crippen LogP contribution is -2.42. The fourth-order valence-electron chi connectivity index (χ4n) is 3.61. The topological polar surface area (TPSA) is 62.2 Å². The summed E-state index contributed by atoms with van der Waals surface area (Å²) in [6, 6.07) is 5.61.